The first-order chi connectivity index (χ1) is 9.25. The number of rotatable bonds is 7. The molecular weight excluding hydrogens is 276 g/mol. The Morgan fingerprint density at radius 2 is 1.80 bits per heavy atom. The molecule has 0 saturated heterocycles. The lowest BCUT2D eigenvalue weighted by Crippen LogP contribution is -2.33. The Labute approximate surface area is 121 Å². The molecule has 0 radical (unpaired) electrons. The number of nitrogens with two attached hydrogens (primary N) is 1. The first kappa shape index (κ1) is 17.1. The van der Waals surface area contributed by atoms with E-state index in [1.807, 2.05) is 20.8 Å². The number of hydrogen-bond donors (Lipinski definition) is 3. The van der Waals surface area contributed by atoms with Crippen LogP contribution < -0.4 is 10.5 Å². The van der Waals surface area contributed by atoms with Crippen molar-refractivity contribution >= 4 is 10.0 Å². The van der Waals surface area contributed by atoms with Gasteiger partial charge in [-0.3, -0.25) is 0 Å². The minimum absolute atomic E-state index is 0.0308. The van der Waals surface area contributed by atoms with Crippen LogP contribution in [0.3, 0.4) is 0 Å². The highest BCUT2D eigenvalue weighted by Crippen LogP contribution is 2.16. The summed E-state index contributed by atoms with van der Waals surface area (Å²) >= 11 is 0. The number of sulfonamides is 1. The number of benzene rings is 1. The molecule has 20 heavy (non-hydrogen) atoms. The van der Waals surface area contributed by atoms with E-state index in [9.17, 15) is 13.5 Å². The number of nitrogens with one attached hydrogen (secondary N) is 1. The smallest absolute Gasteiger partial charge is 0.238 e. The van der Waals surface area contributed by atoms with Gasteiger partial charge in [-0.15, -0.1) is 0 Å². The van der Waals surface area contributed by atoms with Crippen LogP contribution in [0.25, 0.3) is 0 Å². The van der Waals surface area contributed by atoms with Gasteiger partial charge in [0, 0.05) is 12.6 Å². The molecule has 1 rings (SSSR count). The summed E-state index contributed by atoms with van der Waals surface area (Å²) in [4.78, 5) is 0.105. The van der Waals surface area contributed by atoms with Gasteiger partial charge in [-0.2, -0.15) is 0 Å². The molecule has 6 heteroatoms. The van der Waals surface area contributed by atoms with Crippen molar-refractivity contribution in [2.45, 2.75) is 44.2 Å². The Kier molecular flexibility index (Phi) is 6.13. The maximum atomic E-state index is 11.2. The second kappa shape index (κ2) is 7.17. The molecule has 1 aromatic rings. The lowest BCUT2D eigenvalue weighted by Gasteiger charge is -2.21. The summed E-state index contributed by atoms with van der Waals surface area (Å²) in [6, 6.07) is 6.48. The fourth-order valence-corrected chi connectivity index (χ4v) is 2.35. The van der Waals surface area contributed by atoms with Gasteiger partial charge in [-0.25, -0.2) is 13.6 Å². The maximum absolute atomic E-state index is 11.2. The molecule has 1 aromatic carbocycles. The van der Waals surface area contributed by atoms with Gasteiger partial charge < -0.3 is 10.4 Å². The van der Waals surface area contributed by atoms with E-state index < -0.39 is 10.0 Å². The van der Waals surface area contributed by atoms with Crippen LogP contribution in [0.15, 0.2) is 29.2 Å². The maximum Gasteiger partial charge on any atom is 0.238 e. The number of aliphatic hydroxyl groups is 1. The van der Waals surface area contributed by atoms with Crippen LogP contribution in [-0.4, -0.2) is 26.2 Å². The van der Waals surface area contributed by atoms with E-state index in [4.69, 9.17) is 5.14 Å². The molecule has 0 aromatic heterocycles. The van der Waals surface area contributed by atoms with Crippen LogP contribution in [0, 0.1) is 5.92 Å². The highest BCUT2D eigenvalue weighted by Gasteiger charge is 2.14. The van der Waals surface area contributed by atoms with Crippen LogP contribution in [0.2, 0.25) is 0 Å². The second-order valence-electron chi connectivity index (χ2n) is 5.20. The van der Waals surface area contributed by atoms with E-state index in [2.05, 4.69) is 5.32 Å². The molecule has 5 nitrogen and oxygen atoms in total. The van der Waals surface area contributed by atoms with Crippen LogP contribution in [0.1, 0.15) is 38.8 Å². The lowest BCUT2D eigenvalue weighted by molar-refractivity contribution is 0.110. The van der Waals surface area contributed by atoms with Crippen molar-refractivity contribution in [3.63, 3.8) is 0 Å². The normalized spacial score (nSPS) is 16.6. The summed E-state index contributed by atoms with van der Waals surface area (Å²) in [5, 5.41) is 18.2. The molecule has 114 valence electrons. The molecule has 0 aliphatic rings. The third-order valence-corrected chi connectivity index (χ3v) is 4.57. The molecule has 0 saturated carbocycles. The first-order valence-electron chi connectivity index (χ1n) is 6.80. The fourth-order valence-electron chi connectivity index (χ4n) is 1.83. The largest absolute Gasteiger partial charge is 0.392 e. The predicted octanol–water partition coefficient (Wildman–Crippen LogP) is 1.39. The molecule has 0 aliphatic carbocycles. The van der Waals surface area contributed by atoms with Gasteiger partial charge >= 0.3 is 0 Å². The van der Waals surface area contributed by atoms with Crippen LogP contribution in [0.5, 0.6) is 0 Å². The standard InChI is InChI=1S/C14H24N2O3S/c1-4-10(2)14(17)9-16-11(3)12-5-7-13(8-6-12)20(15,18)19/h5-8,10-11,14,16-17H,4,9H2,1-3H3,(H2,15,18,19). The van der Waals surface area contributed by atoms with Gasteiger partial charge in [0.2, 0.25) is 10.0 Å². The third kappa shape index (κ3) is 4.86. The minimum atomic E-state index is -3.65. The first-order valence-corrected chi connectivity index (χ1v) is 8.34. The molecule has 0 amide bonds. The van der Waals surface area contributed by atoms with E-state index in [0.29, 0.717) is 6.54 Å². The Bertz CT molecular complexity index is 514. The van der Waals surface area contributed by atoms with Gasteiger partial charge in [-0.1, -0.05) is 32.4 Å². The van der Waals surface area contributed by atoms with Gasteiger partial charge in [-0.05, 0) is 30.5 Å². The highest BCUT2D eigenvalue weighted by molar-refractivity contribution is 7.89. The number of aliphatic hydroxyl groups excluding tert-OH is 1. The zero-order valence-electron chi connectivity index (χ0n) is 12.2. The highest BCUT2D eigenvalue weighted by atomic mass is 32.2. The fraction of sp³-hybridized carbons (Fsp3) is 0.571. The zero-order chi connectivity index (χ0) is 15.3. The third-order valence-electron chi connectivity index (χ3n) is 3.64. The van der Waals surface area contributed by atoms with Crippen LogP contribution in [0.4, 0.5) is 0 Å². The molecule has 3 atom stereocenters. The van der Waals surface area contributed by atoms with E-state index >= 15 is 0 Å². The molecule has 0 bridgehead atoms. The molecule has 4 N–H and O–H groups in total. The average Bonchev–Trinajstić information content (AvgIpc) is 2.42. The van der Waals surface area contributed by atoms with Crippen LogP contribution in [-0.2, 0) is 10.0 Å². The van der Waals surface area contributed by atoms with Gasteiger partial charge in [0.1, 0.15) is 0 Å². The number of primary sulfonamides is 1. The van der Waals surface area contributed by atoms with Crippen molar-refractivity contribution in [2.75, 3.05) is 6.54 Å². The van der Waals surface area contributed by atoms with Crippen molar-refractivity contribution in [2.24, 2.45) is 11.1 Å². The molecular formula is C14H24N2O3S. The van der Waals surface area contributed by atoms with Gasteiger partial charge in [0.05, 0.1) is 11.0 Å². The Hall–Kier alpha value is -0.950. The summed E-state index contributed by atoms with van der Waals surface area (Å²) in [6.07, 6.45) is 0.548. The quantitative estimate of drug-likeness (QED) is 0.709. The number of hydrogen-bond acceptors (Lipinski definition) is 4. The molecule has 3 unspecified atom stereocenters. The molecule has 0 spiro atoms. The van der Waals surface area contributed by atoms with Gasteiger partial charge in [0.25, 0.3) is 0 Å². The average molecular weight is 300 g/mol. The topological polar surface area (TPSA) is 92.4 Å². The molecule has 0 fully saturated rings. The van der Waals surface area contributed by atoms with Gasteiger partial charge in [0.15, 0.2) is 0 Å². The lowest BCUT2D eigenvalue weighted by atomic mass is 10.0. The minimum Gasteiger partial charge on any atom is -0.392 e. The van der Waals surface area contributed by atoms with E-state index in [0.717, 1.165) is 12.0 Å². The predicted molar refractivity (Wildman–Crippen MR) is 79.7 cm³/mol. The molecule has 0 heterocycles. The monoisotopic (exact) mass is 300 g/mol. The summed E-state index contributed by atoms with van der Waals surface area (Å²) in [5.74, 6) is 0.249. The zero-order valence-corrected chi connectivity index (χ0v) is 13.0. The Morgan fingerprint density at radius 1 is 1.25 bits per heavy atom. The second-order valence-corrected chi connectivity index (χ2v) is 6.76. The van der Waals surface area contributed by atoms with Crippen molar-refractivity contribution in [1.82, 2.24) is 5.32 Å². The van der Waals surface area contributed by atoms with Crippen LogP contribution >= 0.6 is 0 Å². The summed E-state index contributed by atoms with van der Waals surface area (Å²) < 4.78 is 22.3. The van der Waals surface area contributed by atoms with E-state index in [-0.39, 0.29) is 23.0 Å². The molecule has 0 aliphatic heterocycles. The summed E-state index contributed by atoms with van der Waals surface area (Å²) in [6.45, 7) is 6.53. The summed E-state index contributed by atoms with van der Waals surface area (Å²) in [7, 11) is -3.65. The summed E-state index contributed by atoms with van der Waals surface area (Å²) in [5.41, 5.74) is 0.953. The van der Waals surface area contributed by atoms with Crippen molar-refractivity contribution in [3.05, 3.63) is 29.8 Å². The Balaban J connectivity index is 2.62. The van der Waals surface area contributed by atoms with Crippen molar-refractivity contribution < 1.29 is 13.5 Å². The Morgan fingerprint density at radius 3 is 2.25 bits per heavy atom. The SMILES string of the molecule is CCC(C)C(O)CNC(C)c1ccc(S(N)(=O)=O)cc1. The van der Waals surface area contributed by atoms with Crippen molar-refractivity contribution in [1.29, 1.82) is 0 Å². The van der Waals surface area contributed by atoms with Crippen molar-refractivity contribution in [3.8, 4) is 0 Å². The van der Waals surface area contributed by atoms with E-state index in [1.54, 1.807) is 12.1 Å². The van der Waals surface area contributed by atoms with E-state index in [1.165, 1.54) is 12.1 Å².